The molecule has 0 spiro atoms. The first-order chi connectivity index (χ1) is 13.2. The average molecular weight is 366 g/mol. The molecule has 6 nitrogen and oxygen atoms in total. The molecule has 0 unspecified atom stereocenters. The average Bonchev–Trinajstić information content (AvgIpc) is 3.34. The SMILES string of the molecule is CCCOc1ccccc1-c1nc2n(C3CCCC3)[nH]c(CC)c-2c(=O)n1. The van der Waals surface area contributed by atoms with Crippen molar-refractivity contribution in [2.45, 2.75) is 58.4 Å². The van der Waals surface area contributed by atoms with Crippen molar-refractivity contribution in [3.05, 3.63) is 40.3 Å². The molecule has 142 valence electrons. The van der Waals surface area contributed by atoms with Gasteiger partial charge in [0.2, 0.25) is 0 Å². The molecule has 1 aromatic rings. The Balaban J connectivity index is 1.87. The van der Waals surface area contributed by atoms with Gasteiger partial charge < -0.3 is 4.74 Å². The fraction of sp³-hybridized carbons (Fsp3) is 0.476. The Morgan fingerprint density at radius 1 is 1.19 bits per heavy atom. The van der Waals surface area contributed by atoms with Crippen LogP contribution in [0.3, 0.4) is 0 Å². The molecule has 1 aliphatic carbocycles. The minimum Gasteiger partial charge on any atom is -0.493 e. The summed E-state index contributed by atoms with van der Waals surface area (Å²) in [5.41, 5.74) is 2.09. The normalized spacial score (nSPS) is 14.9. The van der Waals surface area contributed by atoms with E-state index in [4.69, 9.17) is 9.72 Å². The number of ether oxygens (including phenoxy) is 1. The number of para-hydroxylation sites is 1. The number of fused-ring (bicyclic) bond motifs is 1. The fourth-order valence-corrected chi connectivity index (χ4v) is 3.91. The number of hydrogen-bond acceptors (Lipinski definition) is 4. The quantitative estimate of drug-likeness (QED) is 0.709. The highest BCUT2D eigenvalue weighted by molar-refractivity contribution is 5.68. The van der Waals surface area contributed by atoms with Crippen LogP contribution in [0.4, 0.5) is 0 Å². The molecule has 1 N–H and O–H groups in total. The standard InChI is InChI=1S/C21H26N4O2/c1-3-13-27-17-12-8-7-11-15(17)19-22-20-18(21(26)23-19)16(4-2)24-25(20)14-9-5-6-10-14/h7-8,11-12,14,24H,3-6,9-10,13H2,1-2H3. The van der Waals surface area contributed by atoms with Crippen molar-refractivity contribution in [2.24, 2.45) is 0 Å². The maximum absolute atomic E-state index is 12.9. The van der Waals surface area contributed by atoms with Crippen LogP contribution < -0.4 is 10.3 Å². The van der Waals surface area contributed by atoms with Gasteiger partial charge in [-0.1, -0.05) is 38.8 Å². The number of benzene rings is 1. The molecule has 1 saturated carbocycles. The summed E-state index contributed by atoms with van der Waals surface area (Å²) in [5.74, 6) is 1.88. The van der Waals surface area contributed by atoms with E-state index in [0.717, 1.165) is 48.5 Å². The lowest BCUT2D eigenvalue weighted by molar-refractivity contribution is 0.318. The van der Waals surface area contributed by atoms with Crippen molar-refractivity contribution in [1.82, 2.24) is 19.7 Å². The third-order valence-electron chi connectivity index (χ3n) is 5.28. The van der Waals surface area contributed by atoms with Gasteiger partial charge in [-0.2, -0.15) is 4.98 Å². The highest BCUT2D eigenvalue weighted by atomic mass is 16.5. The molecular weight excluding hydrogens is 340 g/mol. The molecule has 4 rings (SSSR count). The van der Waals surface area contributed by atoms with E-state index in [0.29, 0.717) is 24.0 Å². The molecular formula is C21H26N4O2. The van der Waals surface area contributed by atoms with E-state index in [1.807, 2.05) is 31.2 Å². The molecule has 0 aromatic heterocycles. The minimum atomic E-state index is -0.217. The van der Waals surface area contributed by atoms with E-state index in [-0.39, 0.29) is 5.56 Å². The maximum atomic E-state index is 12.9. The van der Waals surface area contributed by atoms with E-state index in [1.54, 1.807) is 0 Å². The number of aromatic amines is 1. The maximum Gasteiger partial charge on any atom is 0.284 e. The van der Waals surface area contributed by atoms with Crippen LogP contribution in [-0.2, 0) is 6.42 Å². The molecule has 0 atom stereocenters. The summed E-state index contributed by atoms with van der Waals surface area (Å²) in [6, 6.07) is 8.05. The highest BCUT2D eigenvalue weighted by Crippen LogP contribution is 2.35. The summed E-state index contributed by atoms with van der Waals surface area (Å²) in [6.07, 6.45) is 6.34. The molecule has 3 aliphatic rings. The summed E-state index contributed by atoms with van der Waals surface area (Å²) in [4.78, 5) is 22.0. The van der Waals surface area contributed by atoms with Gasteiger partial charge in [0.1, 0.15) is 11.3 Å². The number of aromatic nitrogens is 4. The molecule has 1 aromatic carbocycles. The minimum absolute atomic E-state index is 0.217. The van der Waals surface area contributed by atoms with E-state index in [2.05, 4.69) is 21.7 Å². The monoisotopic (exact) mass is 366 g/mol. The van der Waals surface area contributed by atoms with Crippen LogP contribution >= 0.6 is 0 Å². The van der Waals surface area contributed by atoms with Gasteiger partial charge in [-0.15, -0.1) is 0 Å². The fourth-order valence-electron chi connectivity index (χ4n) is 3.91. The van der Waals surface area contributed by atoms with Gasteiger partial charge >= 0.3 is 0 Å². The molecule has 0 bridgehead atoms. The number of hydrogen-bond donors (Lipinski definition) is 1. The molecule has 1 fully saturated rings. The van der Waals surface area contributed by atoms with Gasteiger partial charge in [0, 0.05) is 5.69 Å². The van der Waals surface area contributed by atoms with Crippen molar-refractivity contribution < 1.29 is 4.74 Å². The van der Waals surface area contributed by atoms with E-state index in [9.17, 15) is 4.79 Å². The molecule has 2 aliphatic heterocycles. The van der Waals surface area contributed by atoms with Gasteiger partial charge in [-0.3, -0.25) is 14.6 Å². The second kappa shape index (κ2) is 7.55. The van der Waals surface area contributed by atoms with Gasteiger partial charge in [-0.05, 0) is 37.8 Å². The zero-order valence-electron chi connectivity index (χ0n) is 16.0. The second-order valence-electron chi connectivity index (χ2n) is 7.15. The number of aryl methyl sites for hydroxylation is 1. The van der Waals surface area contributed by atoms with Gasteiger partial charge in [0.25, 0.3) is 5.56 Å². The number of H-pyrrole nitrogens is 1. The van der Waals surface area contributed by atoms with Crippen LogP contribution in [0.25, 0.3) is 22.8 Å². The van der Waals surface area contributed by atoms with Crippen LogP contribution in [0.15, 0.2) is 29.1 Å². The third kappa shape index (κ3) is 3.24. The lowest BCUT2D eigenvalue weighted by atomic mass is 10.1. The number of rotatable bonds is 6. The molecule has 0 amide bonds. The van der Waals surface area contributed by atoms with Crippen LogP contribution in [0.2, 0.25) is 0 Å². The summed E-state index contributed by atoms with van der Waals surface area (Å²) >= 11 is 0. The number of nitrogens with one attached hydrogen (secondary N) is 1. The largest absolute Gasteiger partial charge is 0.493 e. The summed E-state index contributed by atoms with van der Waals surface area (Å²) in [5, 5.41) is 3.43. The third-order valence-corrected chi connectivity index (χ3v) is 5.28. The Labute approximate surface area is 158 Å². The predicted octanol–water partition coefficient (Wildman–Crippen LogP) is 4.20. The summed E-state index contributed by atoms with van der Waals surface area (Å²) < 4.78 is 7.95. The van der Waals surface area contributed by atoms with Crippen molar-refractivity contribution in [1.29, 1.82) is 0 Å². The van der Waals surface area contributed by atoms with Gasteiger partial charge in [0.05, 0.1) is 18.2 Å². The van der Waals surface area contributed by atoms with E-state index < -0.39 is 0 Å². The van der Waals surface area contributed by atoms with E-state index >= 15 is 0 Å². The highest BCUT2D eigenvalue weighted by Gasteiger charge is 2.28. The summed E-state index contributed by atoms with van der Waals surface area (Å²) in [6.45, 7) is 4.73. The first-order valence-corrected chi connectivity index (χ1v) is 9.96. The Kier molecular flexibility index (Phi) is 4.97. The van der Waals surface area contributed by atoms with Crippen molar-refractivity contribution in [2.75, 3.05) is 6.61 Å². The Morgan fingerprint density at radius 2 is 1.96 bits per heavy atom. The van der Waals surface area contributed by atoms with E-state index in [1.165, 1.54) is 12.8 Å². The first kappa shape index (κ1) is 17.8. The number of nitrogens with zero attached hydrogens (tertiary/aromatic N) is 3. The Morgan fingerprint density at radius 3 is 2.70 bits per heavy atom. The molecule has 0 radical (unpaired) electrons. The van der Waals surface area contributed by atoms with Crippen LogP contribution in [0.1, 0.15) is 57.7 Å². The Hall–Kier alpha value is -2.63. The lowest BCUT2D eigenvalue weighted by Gasteiger charge is -2.14. The predicted molar refractivity (Wildman–Crippen MR) is 105 cm³/mol. The molecule has 6 heteroatoms. The van der Waals surface area contributed by atoms with Crippen LogP contribution in [0, 0.1) is 0 Å². The molecule has 2 heterocycles. The zero-order chi connectivity index (χ0) is 18.8. The molecule has 27 heavy (non-hydrogen) atoms. The Bertz CT molecular complexity index is 953. The van der Waals surface area contributed by atoms with Gasteiger partial charge in [-0.25, -0.2) is 4.98 Å². The zero-order valence-corrected chi connectivity index (χ0v) is 16.0. The van der Waals surface area contributed by atoms with Crippen LogP contribution in [0.5, 0.6) is 5.75 Å². The van der Waals surface area contributed by atoms with Crippen molar-refractivity contribution in [3.63, 3.8) is 0 Å². The lowest BCUT2D eigenvalue weighted by Crippen LogP contribution is -2.17. The van der Waals surface area contributed by atoms with Gasteiger partial charge in [0.15, 0.2) is 11.6 Å². The van der Waals surface area contributed by atoms with Crippen molar-refractivity contribution in [3.8, 4) is 28.5 Å². The second-order valence-corrected chi connectivity index (χ2v) is 7.15. The smallest absolute Gasteiger partial charge is 0.284 e. The first-order valence-electron chi connectivity index (χ1n) is 9.96. The topological polar surface area (TPSA) is 72.8 Å². The molecule has 0 saturated heterocycles. The van der Waals surface area contributed by atoms with Crippen LogP contribution in [-0.4, -0.2) is 26.4 Å². The summed E-state index contributed by atoms with van der Waals surface area (Å²) in [7, 11) is 0. The van der Waals surface area contributed by atoms with Crippen molar-refractivity contribution >= 4 is 0 Å².